The summed E-state index contributed by atoms with van der Waals surface area (Å²) < 4.78 is 0. The highest BCUT2D eigenvalue weighted by Gasteiger charge is 2.28. The summed E-state index contributed by atoms with van der Waals surface area (Å²) in [6.45, 7) is 5.34. The molecule has 0 bridgehead atoms. The molecule has 7 nitrogen and oxygen atoms in total. The van der Waals surface area contributed by atoms with Crippen molar-refractivity contribution in [2.24, 2.45) is 5.92 Å². The zero-order chi connectivity index (χ0) is 19.3. The van der Waals surface area contributed by atoms with Gasteiger partial charge in [-0.05, 0) is 56.7 Å². The highest BCUT2D eigenvalue weighted by Crippen LogP contribution is 2.22. The molecule has 0 aliphatic carbocycles. The van der Waals surface area contributed by atoms with Gasteiger partial charge < -0.3 is 20.4 Å². The van der Waals surface area contributed by atoms with Crippen LogP contribution in [0.5, 0.6) is 0 Å². The summed E-state index contributed by atoms with van der Waals surface area (Å²) in [6, 6.07) is 4.19. The number of likely N-dealkylation sites (tertiary alicyclic amines) is 2. The third-order valence-corrected chi connectivity index (χ3v) is 6.21. The van der Waals surface area contributed by atoms with Crippen LogP contribution in [0.4, 0.5) is 5.82 Å². The fourth-order valence-electron chi connectivity index (χ4n) is 4.50. The molecule has 3 aliphatic rings. The van der Waals surface area contributed by atoms with Gasteiger partial charge in [0, 0.05) is 51.4 Å². The van der Waals surface area contributed by atoms with E-state index in [1.165, 1.54) is 6.42 Å². The summed E-state index contributed by atoms with van der Waals surface area (Å²) in [5, 5.41) is 6.82. The number of nitrogens with zero attached hydrogens (tertiary/aromatic N) is 3. The fourth-order valence-corrected chi connectivity index (χ4v) is 4.50. The van der Waals surface area contributed by atoms with Crippen molar-refractivity contribution < 1.29 is 9.59 Å². The minimum Gasteiger partial charge on any atom is -0.366 e. The zero-order valence-corrected chi connectivity index (χ0v) is 16.5. The average molecular weight is 386 g/mol. The van der Waals surface area contributed by atoms with Crippen LogP contribution in [0.1, 0.15) is 48.9 Å². The summed E-state index contributed by atoms with van der Waals surface area (Å²) >= 11 is 0. The smallest absolute Gasteiger partial charge is 0.255 e. The SMILES string of the molecule is O=C1CCCN1CC1CCN(C(=O)c2ccc(NC3CCCNC3)nc2)CC1. The molecular weight excluding hydrogens is 354 g/mol. The third-order valence-electron chi connectivity index (χ3n) is 6.21. The molecule has 28 heavy (non-hydrogen) atoms. The molecule has 0 aromatic carbocycles. The van der Waals surface area contributed by atoms with Crippen molar-refractivity contribution in [3.63, 3.8) is 0 Å². The van der Waals surface area contributed by atoms with E-state index in [1.807, 2.05) is 21.9 Å². The Hall–Kier alpha value is -2.15. The van der Waals surface area contributed by atoms with Crippen LogP contribution in [0.2, 0.25) is 0 Å². The molecule has 7 heteroatoms. The maximum absolute atomic E-state index is 12.8. The van der Waals surface area contributed by atoms with Crippen LogP contribution in [0, 0.1) is 5.92 Å². The molecule has 4 heterocycles. The Kier molecular flexibility index (Phi) is 6.10. The second-order valence-corrected chi connectivity index (χ2v) is 8.30. The second-order valence-electron chi connectivity index (χ2n) is 8.30. The number of aromatic nitrogens is 1. The molecule has 4 rings (SSSR count). The van der Waals surface area contributed by atoms with Crippen LogP contribution in [-0.2, 0) is 4.79 Å². The van der Waals surface area contributed by atoms with Gasteiger partial charge in [-0.1, -0.05) is 0 Å². The Morgan fingerprint density at radius 1 is 1.18 bits per heavy atom. The number of anilines is 1. The quantitative estimate of drug-likeness (QED) is 0.807. The van der Waals surface area contributed by atoms with Gasteiger partial charge in [-0.25, -0.2) is 4.98 Å². The van der Waals surface area contributed by atoms with E-state index in [0.29, 0.717) is 29.9 Å². The number of pyridine rings is 1. The second kappa shape index (κ2) is 8.90. The molecule has 2 N–H and O–H groups in total. The van der Waals surface area contributed by atoms with E-state index in [0.717, 1.165) is 70.8 Å². The number of carbonyl (C=O) groups is 2. The normalized spacial score (nSPS) is 23.9. The topological polar surface area (TPSA) is 77.6 Å². The maximum Gasteiger partial charge on any atom is 0.255 e. The average Bonchev–Trinajstić information content (AvgIpc) is 3.14. The lowest BCUT2D eigenvalue weighted by atomic mass is 9.96. The zero-order valence-electron chi connectivity index (χ0n) is 16.5. The van der Waals surface area contributed by atoms with Gasteiger partial charge >= 0.3 is 0 Å². The summed E-state index contributed by atoms with van der Waals surface area (Å²) in [5.41, 5.74) is 0.653. The Labute approximate surface area is 166 Å². The molecule has 1 aromatic rings. The third kappa shape index (κ3) is 4.63. The van der Waals surface area contributed by atoms with Gasteiger partial charge in [0.05, 0.1) is 5.56 Å². The minimum absolute atomic E-state index is 0.0640. The van der Waals surface area contributed by atoms with E-state index in [4.69, 9.17) is 0 Å². The van der Waals surface area contributed by atoms with Crippen molar-refractivity contribution in [3.05, 3.63) is 23.9 Å². The van der Waals surface area contributed by atoms with Crippen molar-refractivity contribution >= 4 is 17.6 Å². The van der Waals surface area contributed by atoms with Gasteiger partial charge in [0.2, 0.25) is 5.91 Å². The molecule has 3 fully saturated rings. The van der Waals surface area contributed by atoms with Gasteiger partial charge in [0.25, 0.3) is 5.91 Å². The Morgan fingerprint density at radius 3 is 2.68 bits per heavy atom. The first kappa shape index (κ1) is 19.2. The number of hydrogen-bond donors (Lipinski definition) is 2. The lowest BCUT2D eigenvalue weighted by molar-refractivity contribution is -0.128. The van der Waals surface area contributed by atoms with Gasteiger partial charge in [-0.3, -0.25) is 9.59 Å². The lowest BCUT2D eigenvalue weighted by Crippen LogP contribution is -2.42. The summed E-state index contributed by atoms with van der Waals surface area (Å²) in [7, 11) is 0. The molecule has 152 valence electrons. The number of piperidine rings is 2. The monoisotopic (exact) mass is 385 g/mol. The van der Waals surface area contributed by atoms with Crippen LogP contribution in [0.3, 0.4) is 0 Å². The van der Waals surface area contributed by atoms with Gasteiger partial charge in [0.15, 0.2) is 0 Å². The predicted molar refractivity (Wildman–Crippen MR) is 108 cm³/mol. The minimum atomic E-state index is 0.0640. The van der Waals surface area contributed by atoms with Crippen LogP contribution in [0.15, 0.2) is 18.3 Å². The highest BCUT2D eigenvalue weighted by molar-refractivity contribution is 5.94. The summed E-state index contributed by atoms with van der Waals surface area (Å²) in [4.78, 5) is 33.0. The van der Waals surface area contributed by atoms with Crippen molar-refractivity contribution in [1.29, 1.82) is 0 Å². The van der Waals surface area contributed by atoms with Crippen LogP contribution in [-0.4, -0.2) is 71.9 Å². The van der Waals surface area contributed by atoms with E-state index in [1.54, 1.807) is 6.20 Å². The fraction of sp³-hybridized carbons (Fsp3) is 0.667. The van der Waals surface area contributed by atoms with Gasteiger partial charge in [-0.2, -0.15) is 0 Å². The maximum atomic E-state index is 12.8. The number of nitrogens with one attached hydrogen (secondary N) is 2. The first-order valence-corrected chi connectivity index (χ1v) is 10.7. The van der Waals surface area contributed by atoms with Gasteiger partial charge in [-0.15, -0.1) is 0 Å². The molecule has 0 radical (unpaired) electrons. The first-order chi connectivity index (χ1) is 13.7. The van der Waals surface area contributed by atoms with Crippen LogP contribution < -0.4 is 10.6 Å². The Balaban J connectivity index is 1.26. The first-order valence-electron chi connectivity index (χ1n) is 10.7. The van der Waals surface area contributed by atoms with Gasteiger partial charge in [0.1, 0.15) is 5.82 Å². The van der Waals surface area contributed by atoms with E-state index in [9.17, 15) is 9.59 Å². The van der Waals surface area contributed by atoms with E-state index < -0.39 is 0 Å². The van der Waals surface area contributed by atoms with Crippen LogP contribution in [0.25, 0.3) is 0 Å². The molecule has 3 saturated heterocycles. The highest BCUT2D eigenvalue weighted by atomic mass is 16.2. The number of amides is 2. The lowest BCUT2D eigenvalue weighted by Gasteiger charge is -2.34. The largest absolute Gasteiger partial charge is 0.366 e. The number of carbonyl (C=O) groups excluding carboxylic acids is 2. The molecule has 0 spiro atoms. The molecule has 1 atom stereocenters. The molecule has 0 saturated carbocycles. The molecule has 2 amide bonds. The van der Waals surface area contributed by atoms with Crippen molar-refractivity contribution in [3.8, 4) is 0 Å². The Morgan fingerprint density at radius 2 is 2.04 bits per heavy atom. The standard InChI is InChI=1S/C21H31N5O2/c27-20-4-2-10-26(20)15-16-7-11-25(12-8-16)21(28)17-5-6-19(23-13-17)24-18-3-1-9-22-14-18/h5-6,13,16,18,22H,1-4,7-12,14-15H2,(H,23,24). The molecule has 1 unspecified atom stereocenters. The Bertz CT molecular complexity index is 679. The molecular formula is C21H31N5O2. The van der Waals surface area contributed by atoms with E-state index in [-0.39, 0.29) is 5.91 Å². The van der Waals surface area contributed by atoms with Crippen molar-refractivity contribution in [2.75, 3.05) is 44.6 Å². The summed E-state index contributed by atoms with van der Waals surface area (Å²) in [5.74, 6) is 1.70. The van der Waals surface area contributed by atoms with Crippen LogP contribution >= 0.6 is 0 Å². The molecule has 3 aliphatic heterocycles. The van der Waals surface area contributed by atoms with Crippen molar-refractivity contribution in [1.82, 2.24) is 20.1 Å². The van der Waals surface area contributed by atoms with E-state index >= 15 is 0 Å². The predicted octanol–water partition coefficient (Wildman–Crippen LogP) is 1.72. The van der Waals surface area contributed by atoms with Crippen molar-refractivity contribution in [2.45, 2.75) is 44.6 Å². The number of hydrogen-bond acceptors (Lipinski definition) is 5. The molecule has 1 aromatic heterocycles. The summed E-state index contributed by atoms with van der Waals surface area (Å²) in [6.07, 6.45) is 7.64. The van der Waals surface area contributed by atoms with E-state index in [2.05, 4.69) is 15.6 Å². The number of rotatable bonds is 5.